The van der Waals surface area contributed by atoms with Crippen molar-refractivity contribution in [3.8, 4) is 0 Å². The molecule has 2 bridgehead atoms. The summed E-state index contributed by atoms with van der Waals surface area (Å²) in [5.41, 5.74) is 0.702. The number of carbonyl (C=O) groups excluding carboxylic acids is 1. The van der Waals surface area contributed by atoms with Crippen LogP contribution < -0.4 is 5.32 Å². The van der Waals surface area contributed by atoms with Crippen LogP contribution in [0.1, 0.15) is 23.7 Å². The lowest BCUT2D eigenvalue weighted by Crippen LogP contribution is -2.41. The third kappa shape index (κ3) is 3.79. The fourth-order valence-corrected chi connectivity index (χ4v) is 4.19. The first kappa shape index (κ1) is 20.3. The molecule has 5 unspecified atom stereocenters. The number of carbonyl (C=O) groups is 1. The number of anilines is 1. The SMILES string of the molecule is O=C(Nc1ccc(Cl)c(Cl)c1)C1C2CC(O)C(O2)C1c1cnc(C(F)(F)F)nc1. The molecular formula is C18H14Cl2F3N3O3. The lowest BCUT2D eigenvalue weighted by molar-refractivity contribution is -0.145. The van der Waals surface area contributed by atoms with Crippen molar-refractivity contribution in [3.63, 3.8) is 0 Å². The molecule has 29 heavy (non-hydrogen) atoms. The Morgan fingerprint density at radius 2 is 1.90 bits per heavy atom. The number of fused-ring (bicyclic) bond motifs is 2. The fourth-order valence-electron chi connectivity index (χ4n) is 3.90. The maximum atomic E-state index is 12.9. The minimum atomic E-state index is -4.67. The Labute approximate surface area is 173 Å². The first-order valence-corrected chi connectivity index (χ1v) is 9.39. The van der Waals surface area contributed by atoms with E-state index in [1.165, 1.54) is 12.1 Å². The van der Waals surface area contributed by atoms with Crippen LogP contribution in [-0.2, 0) is 15.7 Å². The highest BCUT2D eigenvalue weighted by Crippen LogP contribution is 2.49. The molecule has 11 heteroatoms. The van der Waals surface area contributed by atoms with Gasteiger partial charge in [0.25, 0.3) is 0 Å². The molecule has 0 saturated carbocycles. The van der Waals surface area contributed by atoms with Crippen molar-refractivity contribution in [3.05, 3.63) is 52.0 Å². The maximum absolute atomic E-state index is 12.9. The van der Waals surface area contributed by atoms with Crippen LogP contribution in [0.25, 0.3) is 0 Å². The van der Waals surface area contributed by atoms with Crippen molar-refractivity contribution in [2.45, 2.75) is 36.8 Å². The number of alkyl halides is 3. The molecule has 4 rings (SSSR count). The smallest absolute Gasteiger partial charge is 0.390 e. The van der Waals surface area contributed by atoms with Gasteiger partial charge >= 0.3 is 6.18 Å². The molecule has 154 valence electrons. The van der Waals surface area contributed by atoms with Gasteiger partial charge in [-0.1, -0.05) is 23.2 Å². The number of rotatable bonds is 3. The van der Waals surface area contributed by atoms with Crippen LogP contribution in [0.3, 0.4) is 0 Å². The van der Waals surface area contributed by atoms with Gasteiger partial charge in [0, 0.05) is 30.4 Å². The molecule has 5 atom stereocenters. The Morgan fingerprint density at radius 1 is 1.21 bits per heavy atom. The summed E-state index contributed by atoms with van der Waals surface area (Å²) in [5.74, 6) is -3.11. The minimum absolute atomic E-state index is 0.252. The van der Waals surface area contributed by atoms with Crippen LogP contribution in [0.4, 0.5) is 18.9 Å². The molecule has 2 aliphatic rings. The van der Waals surface area contributed by atoms with Crippen molar-refractivity contribution < 1.29 is 27.8 Å². The predicted octanol–water partition coefficient (Wildman–Crippen LogP) is 3.67. The molecule has 2 saturated heterocycles. The molecule has 2 aromatic rings. The van der Waals surface area contributed by atoms with Crippen molar-refractivity contribution in [2.75, 3.05) is 5.32 Å². The minimum Gasteiger partial charge on any atom is -0.390 e. The van der Waals surface area contributed by atoms with E-state index in [1.807, 2.05) is 0 Å². The summed E-state index contributed by atoms with van der Waals surface area (Å²) in [7, 11) is 0. The van der Waals surface area contributed by atoms with E-state index in [-0.39, 0.29) is 11.4 Å². The highest BCUT2D eigenvalue weighted by Gasteiger charge is 2.57. The number of amides is 1. The van der Waals surface area contributed by atoms with E-state index >= 15 is 0 Å². The third-order valence-corrected chi connectivity index (χ3v) is 5.87. The number of ether oxygens (including phenoxy) is 1. The standard InChI is InChI=1S/C18H14Cl2F3N3O3/c19-9-2-1-8(3-10(9)20)26-16(28)14-12-4-11(27)15(29-12)13(14)7-5-24-17(25-6-7)18(21,22)23/h1-3,5-6,11-15,27H,4H2,(H,26,28). The largest absolute Gasteiger partial charge is 0.451 e. The maximum Gasteiger partial charge on any atom is 0.451 e. The van der Waals surface area contributed by atoms with Gasteiger partial charge in [0.2, 0.25) is 11.7 Å². The quantitative estimate of drug-likeness (QED) is 0.749. The van der Waals surface area contributed by atoms with Gasteiger partial charge < -0.3 is 15.2 Å². The van der Waals surface area contributed by atoms with E-state index < -0.39 is 48.1 Å². The second-order valence-corrected chi connectivity index (χ2v) is 7.76. The number of aliphatic hydroxyl groups is 1. The Hall–Kier alpha value is -1.94. The van der Waals surface area contributed by atoms with E-state index in [0.29, 0.717) is 16.3 Å². The number of aromatic nitrogens is 2. The highest BCUT2D eigenvalue weighted by molar-refractivity contribution is 6.42. The first-order valence-electron chi connectivity index (χ1n) is 8.63. The Morgan fingerprint density at radius 3 is 2.52 bits per heavy atom. The Balaban J connectivity index is 1.61. The normalized spacial score (nSPS) is 28.6. The Kier molecular flexibility index (Phi) is 5.18. The molecule has 2 fully saturated rings. The second kappa shape index (κ2) is 7.39. The van der Waals surface area contributed by atoms with Crippen molar-refractivity contribution >= 4 is 34.8 Å². The average Bonchev–Trinajstić information content (AvgIpc) is 3.21. The zero-order chi connectivity index (χ0) is 20.9. The number of aliphatic hydroxyl groups excluding tert-OH is 1. The summed E-state index contributed by atoms with van der Waals surface area (Å²) in [5, 5.41) is 13.5. The molecule has 1 amide bonds. The van der Waals surface area contributed by atoms with Crippen molar-refractivity contribution in [1.29, 1.82) is 0 Å². The topological polar surface area (TPSA) is 84.3 Å². The lowest BCUT2D eigenvalue weighted by Gasteiger charge is -2.29. The molecule has 0 spiro atoms. The molecule has 1 aromatic carbocycles. The van der Waals surface area contributed by atoms with Gasteiger partial charge in [0.15, 0.2) is 0 Å². The molecule has 6 nitrogen and oxygen atoms in total. The number of hydrogen-bond donors (Lipinski definition) is 2. The highest BCUT2D eigenvalue weighted by atomic mass is 35.5. The van der Waals surface area contributed by atoms with Gasteiger partial charge in [0.1, 0.15) is 0 Å². The zero-order valence-electron chi connectivity index (χ0n) is 14.5. The molecule has 3 heterocycles. The van der Waals surface area contributed by atoms with E-state index in [2.05, 4.69) is 15.3 Å². The number of nitrogens with zero attached hydrogens (tertiary/aromatic N) is 2. The van der Waals surface area contributed by atoms with Gasteiger partial charge in [-0.15, -0.1) is 0 Å². The summed E-state index contributed by atoms with van der Waals surface area (Å²) in [6.07, 6.45) is -4.51. The van der Waals surface area contributed by atoms with Crippen LogP contribution in [0.2, 0.25) is 10.0 Å². The average molecular weight is 448 g/mol. The van der Waals surface area contributed by atoms with E-state index in [4.69, 9.17) is 27.9 Å². The van der Waals surface area contributed by atoms with Gasteiger partial charge in [0.05, 0.1) is 34.3 Å². The molecular weight excluding hydrogens is 434 g/mol. The molecule has 0 aliphatic carbocycles. The fraction of sp³-hybridized carbons (Fsp3) is 0.389. The summed E-state index contributed by atoms with van der Waals surface area (Å²) < 4.78 is 44.0. The zero-order valence-corrected chi connectivity index (χ0v) is 16.0. The van der Waals surface area contributed by atoms with Gasteiger partial charge in [-0.05, 0) is 23.8 Å². The summed E-state index contributed by atoms with van der Waals surface area (Å²) in [6, 6.07) is 4.59. The van der Waals surface area contributed by atoms with Gasteiger partial charge in [-0.3, -0.25) is 4.79 Å². The number of benzene rings is 1. The van der Waals surface area contributed by atoms with Crippen LogP contribution in [0, 0.1) is 5.92 Å². The monoisotopic (exact) mass is 447 g/mol. The number of halogens is 5. The third-order valence-electron chi connectivity index (χ3n) is 5.13. The lowest BCUT2D eigenvalue weighted by atomic mass is 9.74. The van der Waals surface area contributed by atoms with Crippen LogP contribution in [-0.4, -0.2) is 39.3 Å². The number of nitrogens with one attached hydrogen (secondary N) is 1. The van der Waals surface area contributed by atoms with E-state index in [0.717, 1.165) is 12.4 Å². The first-order chi connectivity index (χ1) is 13.6. The van der Waals surface area contributed by atoms with Gasteiger partial charge in [-0.25, -0.2) is 9.97 Å². The summed E-state index contributed by atoms with van der Waals surface area (Å²) >= 11 is 11.8. The van der Waals surface area contributed by atoms with Crippen molar-refractivity contribution in [2.24, 2.45) is 5.92 Å². The number of hydrogen-bond acceptors (Lipinski definition) is 5. The van der Waals surface area contributed by atoms with Crippen LogP contribution >= 0.6 is 23.2 Å². The van der Waals surface area contributed by atoms with Crippen molar-refractivity contribution in [1.82, 2.24) is 9.97 Å². The van der Waals surface area contributed by atoms with E-state index in [9.17, 15) is 23.1 Å². The molecule has 2 N–H and O–H groups in total. The molecule has 2 aliphatic heterocycles. The summed E-state index contributed by atoms with van der Waals surface area (Å²) in [6.45, 7) is 0. The molecule has 1 aromatic heterocycles. The van der Waals surface area contributed by atoms with Crippen LogP contribution in [0.5, 0.6) is 0 Å². The van der Waals surface area contributed by atoms with Gasteiger partial charge in [-0.2, -0.15) is 13.2 Å². The van der Waals surface area contributed by atoms with E-state index in [1.54, 1.807) is 6.07 Å². The van der Waals surface area contributed by atoms with Crippen LogP contribution in [0.15, 0.2) is 30.6 Å². The summed E-state index contributed by atoms with van der Waals surface area (Å²) in [4.78, 5) is 19.7. The predicted molar refractivity (Wildman–Crippen MR) is 97.6 cm³/mol. The second-order valence-electron chi connectivity index (χ2n) is 6.95. The Bertz CT molecular complexity index is 942. The molecule has 0 radical (unpaired) electrons.